The fourth-order valence-electron chi connectivity index (χ4n) is 2.74. The van der Waals surface area contributed by atoms with Crippen molar-refractivity contribution in [3.63, 3.8) is 0 Å². The number of carbonyl (C=O) groups is 1. The van der Waals surface area contributed by atoms with Crippen LogP contribution in [0.15, 0.2) is 53.6 Å². The SMILES string of the molecule is CCN(CC)c1ccc(C(=O)N/N=C\c2ccc(N(C)CCO)cc2)cc1. The first-order valence-corrected chi connectivity index (χ1v) is 9.19. The zero-order valence-corrected chi connectivity index (χ0v) is 16.2. The second-order valence-electron chi connectivity index (χ2n) is 6.15. The van der Waals surface area contributed by atoms with Gasteiger partial charge in [0.05, 0.1) is 12.8 Å². The smallest absolute Gasteiger partial charge is 0.271 e. The topological polar surface area (TPSA) is 68.2 Å². The molecule has 0 radical (unpaired) electrons. The van der Waals surface area contributed by atoms with Crippen LogP contribution < -0.4 is 15.2 Å². The Bertz CT molecular complexity index is 738. The number of hydrogen-bond donors (Lipinski definition) is 2. The quantitative estimate of drug-likeness (QED) is 0.527. The number of nitrogens with zero attached hydrogens (tertiary/aromatic N) is 3. The summed E-state index contributed by atoms with van der Waals surface area (Å²) in [6.45, 7) is 6.77. The summed E-state index contributed by atoms with van der Waals surface area (Å²) >= 11 is 0. The van der Waals surface area contributed by atoms with E-state index in [-0.39, 0.29) is 12.5 Å². The second-order valence-corrected chi connectivity index (χ2v) is 6.15. The molecule has 2 aromatic rings. The number of carbonyl (C=O) groups excluding carboxylic acids is 1. The summed E-state index contributed by atoms with van der Waals surface area (Å²) in [5.74, 6) is -0.239. The molecule has 2 N–H and O–H groups in total. The zero-order valence-electron chi connectivity index (χ0n) is 16.2. The largest absolute Gasteiger partial charge is 0.395 e. The molecule has 0 aliphatic rings. The van der Waals surface area contributed by atoms with Crippen LogP contribution in [0.5, 0.6) is 0 Å². The van der Waals surface area contributed by atoms with Crippen molar-refractivity contribution in [2.24, 2.45) is 5.10 Å². The van der Waals surface area contributed by atoms with Crippen LogP contribution in [0.1, 0.15) is 29.8 Å². The maximum atomic E-state index is 12.2. The normalized spacial score (nSPS) is 10.8. The highest BCUT2D eigenvalue weighted by atomic mass is 16.3. The number of likely N-dealkylation sites (N-methyl/N-ethyl adjacent to an activating group) is 1. The van der Waals surface area contributed by atoms with E-state index in [4.69, 9.17) is 5.11 Å². The number of nitrogens with one attached hydrogen (secondary N) is 1. The number of benzene rings is 2. The Kier molecular flexibility index (Phi) is 7.82. The Balaban J connectivity index is 1.92. The van der Waals surface area contributed by atoms with Gasteiger partial charge in [-0.15, -0.1) is 0 Å². The molecule has 2 aromatic carbocycles. The van der Waals surface area contributed by atoms with E-state index in [0.717, 1.165) is 30.0 Å². The highest BCUT2D eigenvalue weighted by molar-refractivity contribution is 5.95. The predicted molar refractivity (Wildman–Crippen MR) is 112 cm³/mol. The van der Waals surface area contributed by atoms with Gasteiger partial charge < -0.3 is 14.9 Å². The molecule has 1 amide bonds. The molecule has 0 spiro atoms. The molecule has 0 aliphatic heterocycles. The van der Waals surface area contributed by atoms with E-state index in [2.05, 4.69) is 29.3 Å². The molecule has 0 heterocycles. The minimum atomic E-state index is -0.239. The third kappa shape index (κ3) is 5.82. The number of anilines is 2. The van der Waals surface area contributed by atoms with E-state index < -0.39 is 0 Å². The molecule has 2 rings (SSSR count). The average molecular weight is 368 g/mol. The fourth-order valence-corrected chi connectivity index (χ4v) is 2.74. The van der Waals surface area contributed by atoms with Crippen LogP contribution in [0.4, 0.5) is 11.4 Å². The van der Waals surface area contributed by atoms with Gasteiger partial charge in [0.25, 0.3) is 5.91 Å². The van der Waals surface area contributed by atoms with Crippen molar-refractivity contribution in [2.75, 3.05) is 43.1 Å². The minimum Gasteiger partial charge on any atom is -0.395 e. The fraction of sp³-hybridized carbons (Fsp3) is 0.333. The number of rotatable bonds is 9. The van der Waals surface area contributed by atoms with Crippen molar-refractivity contribution in [1.29, 1.82) is 0 Å². The molecule has 6 heteroatoms. The van der Waals surface area contributed by atoms with E-state index in [1.165, 1.54) is 0 Å². The molecule has 0 atom stereocenters. The van der Waals surface area contributed by atoms with Gasteiger partial charge in [0.2, 0.25) is 0 Å². The van der Waals surface area contributed by atoms with E-state index in [0.29, 0.717) is 12.1 Å². The van der Waals surface area contributed by atoms with Gasteiger partial charge in [0, 0.05) is 43.6 Å². The average Bonchev–Trinajstić information content (AvgIpc) is 2.70. The Morgan fingerprint density at radius 3 is 2.19 bits per heavy atom. The molecule has 0 aliphatic carbocycles. The molecule has 27 heavy (non-hydrogen) atoms. The first kappa shape index (κ1) is 20.5. The van der Waals surface area contributed by atoms with E-state index in [1.54, 1.807) is 6.21 Å². The summed E-state index contributed by atoms with van der Waals surface area (Å²) in [5.41, 5.74) is 6.13. The zero-order chi connectivity index (χ0) is 19.6. The molecule has 0 unspecified atom stereocenters. The number of amides is 1. The molecular weight excluding hydrogens is 340 g/mol. The van der Waals surface area contributed by atoms with Crippen LogP contribution in [-0.2, 0) is 0 Å². The van der Waals surface area contributed by atoms with Crippen LogP contribution in [0.2, 0.25) is 0 Å². The lowest BCUT2D eigenvalue weighted by molar-refractivity contribution is 0.0955. The third-order valence-corrected chi connectivity index (χ3v) is 4.41. The van der Waals surface area contributed by atoms with Crippen LogP contribution >= 0.6 is 0 Å². The van der Waals surface area contributed by atoms with Gasteiger partial charge in [0.1, 0.15) is 0 Å². The molecule has 0 bridgehead atoms. The van der Waals surface area contributed by atoms with Gasteiger partial charge in [-0.2, -0.15) is 5.10 Å². The number of hydrogen-bond acceptors (Lipinski definition) is 5. The Hall–Kier alpha value is -2.86. The van der Waals surface area contributed by atoms with Crippen molar-refractivity contribution in [3.05, 3.63) is 59.7 Å². The summed E-state index contributed by atoms with van der Waals surface area (Å²) in [5, 5.41) is 13.0. The van der Waals surface area contributed by atoms with Crippen LogP contribution in [0.25, 0.3) is 0 Å². The number of aliphatic hydroxyl groups excluding tert-OH is 1. The Morgan fingerprint density at radius 2 is 1.63 bits per heavy atom. The maximum absolute atomic E-state index is 12.2. The molecule has 6 nitrogen and oxygen atoms in total. The van der Waals surface area contributed by atoms with Gasteiger partial charge in [-0.25, -0.2) is 5.43 Å². The summed E-state index contributed by atoms with van der Waals surface area (Å²) in [6.07, 6.45) is 1.61. The highest BCUT2D eigenvalue weighted by Crippen LogP contribution is 2.15. The first-order chi connectivity index (χ1) is 13.1. The molecule has 0 saturated carbocycles. The maximum Gasteiger partial charge on any atom is 0.271 e. The minimum absolute atomic E-state index is 0.113. The van der Waals surface area contributed by atoms with E-state index >= 15 is 0 Å². The van der Waals surface area contributed by atoms with Crippen LogP contribution in [-0.4, -0.2) is 50.5 Å². The van der Waals surface area contributed by atoms with Crippen molar-refractivity contribution in [2.45, 2.75) is 13.8 Å². The van der Waals surface area contributed by atoms with E-state index in [1.807, 2.05) is 60.5 Å². The Labute approximate surface area is 161 Å². The van der Waals surface area contributed by atoms with Gasteiger partial charge in [0.15, 0.2) is 0 Å². The third-order valence-electron chi connectivity index (χ3n) is 4.41. The number of hydrazone groups is 1. The van der Waals surface area contributed by atoms with Crippen LogP contribution in [0, 0.1) is 0 Å². The van der Waals surface area contributed by atoms with Crippen molar-refractivity contribution >= 4 is 23.5 Å². The first-order valence-electron chi connectivity index (χ1n) is 9.19. The molecular formula is C21H28N4O2. The second kappa shape index (κ2) is 10.3. The standard InChI is InChI=1S/C21H28N4O2/c1-4-25(5-2)20-12-8-18(9-13-20)21(27)23-22-16-17-6-10-19(11-7-17)24(3)14-15-26/h6-13,16,26H,4-5,14-15H2,1-3H3,(H,23,27)/b22-16-. The molecule has 0 aromatic heterocycles. The van der Waals surface area contributed by atoms with Crippen molar-refractivity contribution in [3.8, 4) is 0 Å². The van der Waals surface area contributed by atoms with E-state index in [9.17, 15) is 4.79 Å². The van der Waals surface area contributed by atoms with Gasteiger partial charge in [-0.3, -0.25) is 4.79 Å². The monoisotopic (exact) mass is 368 g/mol. The Morgan fingerprint density at radius 1 is 1.04 bits per heavy atom. The van der Waals surface area contributed by atoms with Crippen molar-refractivity contribution < 1.29 is 9.90 Å². The summed E-state index contributed by atoms with van der Waals surface area (Å²) < 4.78 is 0. The lowest BCUT2D eigenvalue weighted by Gasteiger charge is -2.20. The summed E-state index contributed by atoms with van der Waals surface area (Å²) in [7, 11) is 1.92. The lowest BCUT2D eigenvalue weighted by Crippen LogP contribution is -2.22. The number of aliphatic hydroxyl groups is 1. The van der Waals surface area contributed by atoms with Crippen LogP contribution in [0.3, 0.4) is 0 Å². The van der Waals surface area contributed by atoms with Gasteiger partial charge in [-0.05, 0) is 55.8 Å². The predicted octanol–water partition coefficient (Wildman–Crippen LogP) is 2.73. The summed E-state index contributed by atoms with van der Waals surface area (Å²) in [4.78, 5) is 16.4. The summed E-state index contributed by atoms with van der Waals surface area (Å²) in [6, 6.07) is 15.3. The van der Waals surface area contributed by atoms with Gasteiger partial charge in [-0.1, -0.05) is 12.1 Å². The molecule has 0 fully saturated rings. The van der Waals surface area contributed by atoms with Crippen molar-refractivity contribution in [1.82, 2.24) is 5.43 Å². The molecule has 0 saturated heterocycles. The molecule has 144 valence electrons. The van der Waals surface area contributed by atoms with Gasteiger partial charge >= 0.3 is 0 Å². The highest BCUT2D eigenvalue weighted by Gasteiger charge is 2.06. The lowest BCUT2D eigenvalue weighted by atomic mass is 10.2.